The van der Waals surface area contributed by atoms with Crippen LogP contribution in [-0.4, -0.2) is 34.2 Å². The summed E-state index contributed by atoms with van der Waals surface area (Å²) in [7, 11) is 0. The van der Waals surface area contributed by atoms with Crippen molar-refractivity contribution in [3.63, 3.8) is 0 Å². The predicted octanol–water partition coefficient (Wildman–Crippen LogP) is 6.04. The Labute approximate surface area is 193 Å². The molecule has 1 aliphatic heterocycles. The number of carbonyl (C=O) groups is 1. The van der Waals surface area contributed by atoms with Crippen LogP contribution in [0.5, 0.6) is 0 Å². The number of fused-ring (bicyclic) bond motifs is 1. The van der Waals surface area contributed by atoms with Crippen molar-refractivity contribution in [1.82, 2.24) is 10.1 Å². The van der Waals surface area contributed by atoms with Gasteiger partial charge in [0.2, 0.25) is 0 Å². The van der Waals surface area contributed by atoms with Crippen molar-refractivity contribution in [2.45, 2.75) is 63.3 Å². The van der Waals surface area contributed by atoms with Gasteiger partial charge in [0.25, 0.3) is 0 Å². The molecule has 3 aliphatic rings. The first kappa shape index (κ1) is 20.7. The molecular formula is C27H30N2O4. The highest BCUT2D eigenvalue weighted by atomic mass is 16.5. The number of furan rings is 1. The average molecular weight is 447 g/mol. The molecule has 6 heteroatoms. The first-order valence-electron chi connectivity index (χ1n) is 12.3. The zero-order chi connectivity index (χ0) is 22.4. The van der Waals surface area contributed by atoms with Crippen LogP contribution in [0.15, 0.2) is 45.3 Å². The molecule has 3 heterocycles. The van der Waals surface area contributed by atoms with Crippen molar-refractivity contribution in [2.75, 3.05) is 13.1 Å². The van der Waals surface area contributed by atoms with Gasteiger partial charge >= 0.3 is 5.97 Å². The number of carboxylic acids is 1. The third-order valence-corrected chi connectivity index (χ3v) is 7.82. The second-order valence-electron chi connectivity index (χ2n) is 9.92. The van der Waals surface area contributed by atoms with Gasteiger partial charge in [0.1, 0.15) is 11.5 Å². The van der Waals surface area contributed by atoms with E-state index >= 15 is 0 Å². The SMILES string of the molecule is O=C(O)C1CN(C2CCCc3oc(-c4cc(-c5ccc(C6CCCCC6)cc5)on4)cc32)C1. The maximum atomic E-state index is 11.2. The molecule has 6 nitrogen and oxygen atoms in total. The molecule has 1 N–H and O–H groups in total. The van der Waals surface area contributed by atoms with Gasteiger partial charge in [-0.3, -0.25) is 9.69 Å². The Balaban J connectivity index is 1.19. The molecule has 172 valence electrons. The van der Waals surface area contributed by atoms with Crippen LogP contribution in [0.1, 0.15) is 73.8 Å². The fraction of sp³-hybridized carbons (Fsp3) is 0.481. The van der Waals surface area contributed by atoms with E-state index in [1.807, 2.05) is 6.07 Å². The van der Waals surface area contributed by atoms with E-state index in [2.05, 4.69) is 40.4 Å². The highest BCUT2D eigenvalue weighted by molar-refractivity contribution is 5.71. The molecule has 2 aromatic heterocycles. The van der Waals surface area contributed by atoms with E-state index in [-0.39, 0.29) is 12.0 Å². The number of rotatable bonds is 5. The summed E-state index contributed by atoms with van der Waals surface area (Å²) in [6.45, 7) is 1.23. The zero-order valence-electron chi connectivity index (χ0n) is 18.8. The minimum absolute atomic E-state index is 0.237. The third-order valence-electron chi connectivity index (χ3n) is 7.82. The summed E-state index contributed by atoms with van der Waals surface area (Å²) in [6.07, 6.45) is 9.64. The second kappa shape index (κ2) is 8.49. The number of nitrogens with zero attached hydrogens (tertiary/aromatic N) is 2. The van der Waals surface area contributed by atoms with Gasteiger partial charge in [0.15, 0.2) is 11.5 Å². The van der Waals surface area contributed by atoms with Crippen molar-refractivity contribution in [1.29, 1.82) is 0 Å². The summed E-state index contributed by atoms with van der Waals surface area (Å²) in [5, 5.41) is 13.5. The van der Waals surface area contributed by atoms with Crippen molar-refractivity contribution in [3.05, 3.63) is 53.3 Å². The molecule has 33 heavy (non-hydrogen) atoms. The zero-order valence-corrected chi connectivity index (χ0v) is 18.8. The van der Waals surface area contributed by atoms with E-state index < -0.39 is 5.97 Å². The van der Waals surface area contributed by atoms with Crippen molar-refractivity contribution in [2.24, 2.45) is 5.92 Å². The molecule has 3 aromatic rings. The van der Waals surface area contributed by atoms with Crippen LogP contribution in [0.25, 0.3) is 22.8 Å². The molecule has 1 aromatic carbocycles. The van der Waals surface area contributed by atoms with E-state index in [0.717, 1.165) is 42.1 Å². The molecule has 2 fully saturated rings. The lowest BCUT2D eigenvalue weighted by Gasteiger charge is -2.43. The predicted molar refractivity (Wildman–Crippen MR) is 124 cm³/mol. The fourth-order valence-electron chi connectivity index (χ4n) is 5.84. The number of carboxylic acid groups (broad SMARTS) is 1. The Morgan fingerprint density at radius 1 is 0.970 bits per heavy atom. The first-order valence-corrected chi connectivity index (χ1v) is 12.3. The summed E-state index contributed by atoms with van der Waals surface area (Å²) in [6, 6.07) is 13.0. The van der Waals surface area contributed by atoms with Gasteiger partial charge in [-0.1, -0.05) is 48.7 Å². The summed E-state index contributed by atoms with van der Waals surface area (Å²) >= 11 is 0. The van der Waals surface area contributed by atoms with Gasteiger partial charge in [-0.25, -0.2) is 0 Å². The molecule has 1 saturated heterocycles. The highest BCUT2D eigenvalue weighted by Crippen LogP contribution is 2.42. The van der Waals surface area contributed by atoms with Crippen LogP contribution in [0.3, 0.4) is 0 Å². The Morgan fingerprint density at radius 3 is 2.52 bits per heavy atom. The van der Waals surface area contributed by atoms with Crippen LogP contribution in [0, 0.1) is 5.92 Å². The van der Waals surface area contributed by atoms with Crippen molar-refractivity contribution in [3.8, 4) is 22.8 Å². The maximum Gasteiger partial charge on any atom is 0.309 e. The van der Waals surface area contributed by atoms with E-state index in [1.54, 1.807) is 0 Å². The van der Waals surface area contributed by atoms with Crippen molar-refractivity contribution >= 4 is 5.97 Å². The Hall–Kier alpha value is -2.86. The molecule has 0 radical (unpaired) electrons. The van der Waals surface area contributed by atoms with Crippen molar-refractivity contribution < 1.29 is 18.8 Å². The van der Waals surface area contributed by atoms with E-state index in [1.165, 1.54) is 43.2 Å². The fourth-order valence-corrected chi connectivity index (χ4v) is 5.84. The number of hydrogen-bond donors (Lipinski definition) is 1. The summed E-state index contributed by atoms with van der Waals surface area (Å²) in [5.74, 6) is 2.23. The molecule has 1 saturated carbocycles. The number of aromatic nitrogens is 1. The number of hydrogen-bond acceptors (Lipinski definition) is 5. The monoisotopic (exact) mass is 446 g/mol. The van der Waals surface area contributed by atoms with Gasteiger partial charge in [0.05, 0.1) is 5.92 Å². The van der Waals surface area contributed by atoms with E-state index in [9.17, 15) is 9.90 Å². The smallest absolute Gasteiger partial charge is 0.309 e. The van der Waals surface area contributed by atoms with Crippen LogP contribution >= 0.6 is 0 Å². The molecule has 0 spiro atoms. The minimum atomic E-state index is -0.697. The lowest BCUT2D eigenvalue weighted by Crippen LogP contribution is -2.52. The lowest BCUT2D eigenvalue weighted by molar-refractivity contribution is -0.149. The normalized spacial score (nSPS) is 22.1. The van der Waals surface area contributed by atoms with Crippen LogP contribution < -0.4 is 0 Å². The molecule has 1 atom stereocenters. The molecule has 2 aliphatic carbocycles. The summed E-state index contributed by atoms with van der Waals surface area (Å²) < 4.78 is 11.9. The van der Waals surface area contributed by atoms with Gasteiger partial charge in [0, 0.05) is 42.7 Å². The summed E-state index contributed by atoms with van der Waals surface area (Å²) in [5.41, 5.74) is 4.35. The van der Waals surface area contributed by atoms with E-state index in [4.69, 9.17) is 8.94 Å². The van der Waals surface area contributed by atoms with Crippen LogP contribution in [0.4, 0.5) is 0 Å². The molecule has 1 unspecified atom stereocenters. The maximum absolute atomic E-state index is 11.2. The number of likely N-dealkylation sites (tertiary alicyclic amines) is 1. The lowest BCUT2D eigenvalue weighted by atomic mass is 9.84. The second-order valence-corrected chi connectivity index (χ2v) is 9.92. The van der Waals surface area contributed by atoms with Gasteiger partial charge < -0.3 is 14.0 Å². The van der Waals surface area contributed by atoms with Gasteiger partial charge in [-0.15, -0.1) is 0 Å². The third kappa shape index (κ3) is 3.90. The Bertz CT molecular complexity index is 1130. The minimum Gasteiger partial charge on any atom is -0.481 e. The van der Waals surface area contributed by atoms with E-state index in [0.29, 0.717) is 24.7 Å². The number of benzene rings is 1. The Morgan fingerprint density at radius 2 is 1.76 bits per heavy atom. The largest absolute Gasteiger partial charge is 0.481 e. The molecule has 6 rings (SSSR count). The standard InChI is InChI=1S/C27H30N2O4/c30-27(31)20-15-29(16-20)23-7-4-8-24-21(23)13-26(32-24)22-14-25(33-28-22)19-11-9-18(10-12-19)17-5-2-1-3-6-17/h9-14,17,20,23H,1-8,15-16H2,(H,30,31). The number of aliphatic carboxylic acids is 1. The Kier molecular flexibility index (Phi) is 5.33. The van der Waals surface area contributed by atoms with Crippen LogP contribution in [0.2, 0.25) is 0 Å². The molecule has 0 bridgehead atoms. The average Bonchev–Trinajstić information content (AvgIpc) is 3.46. The van der Waals surface area contributed by atoms with Crippen LogP contribution in [-0.2, 0) is 11.2 Å². The molecular weight excluding hydrogens is 416 g/mol. The number of aryl methyl sites for hydroxylation is 1. The van der Waals surface area contributed by atoms with Gasteiger partial charge in [-0.05, 0) is 43.2 Å². The first-order chi connectivity index (χ1) is 16.2. The molecule has 0 amide bonds. The summed E-state index contributed by atoms with van der Waals surface area (Å²) in [4.78, 5) is 13.5. The topological polar surface area (TPSA) is 79.7 Å². The highest BCUT2D eigenvalue weighted by Gasteiger charge is 2.39. The quantitative estimate of drug-likeness (QED) is 0.514. The van der Waals surface area contributed by atoms with Gasteiger partial charge in [-0.2, -0.15) is 0 Å².